The van der Waals surface area contributed by atoms with E-state index in [1.807, 2.05) is 0 Å². The van der Waals surface area contributed by atoms with Crippen molar-refractivity contribution in [2.75, 3.05) is 0 Å². The number of halogens is 3. The van der Waals surface area contributed by atoms with E-state index in [0.717, 1.165) is 43.1 Å². The molecule has 29 heavy (non-hydrogen) atoms. The molecule has 0 unspecified atom stereocenters. The van der Waals surface area contributed by atoms with Crippen molar-refractivity contribution in [3.8, 4) is 0 Å². The molecule has 1 aromatic rings. The number of alkyl halides is 3. The van der Waals surface area contributed by atoms with Crippen molar-refractivity contribution in [1.29, 1.82) is 0 Å². The fourth-order valence-corrected chi connectivity index (χ4v) is 5.43. The second-order valence-corrected chi connectivity index (χ2v) is 9.41. The van der Waals surface area contributed by atoms with Gasteiger partial charge in [0.1, 0.15) is 0 Å². The van der Waals surface area contributed by atoms with Gasteiger partial charge in [-0.05, 0) is 79.9 Å². The Labute approximate surface area is 175 Å². The van der Waals surface area contributed by atoms with E-state index in [4.69, 9.17) is 0 Å². The zero-order chi connectivity index (χ0) is 20.7. The lowest BCUT2D eigenvalue weighted by atomic mass is 9.77. The predicted octanol–water partition coefficient (Wildman–Crippen LogP) is 8.92. The highest BCUT2D eigenvalue weighted by Gasteiger charge is 2.30. The third-order valence-corrected chi connectivity index (χ3v) is 7.29. The minimum absolute atomic E-state index is 0.417. The molecule has 0 nitrogen and oxygen atoms in total. The predicted molar refractivity (Wildman–Crippen MR) is 115 cm³/mol. The molecule has 2 aliphatic rings. The molecule has 0 heterocycles. The van der Waals surface area contributed by atoms with Crippen molar-refractivity contribution in [2.24, 2.45) is 17.8 Å². The normalized spacial score (nSPS) is 28.7. The van der Waals surface area contributed by atoms with Gasteiger partial charge in [-0.15, -0.1) is 0 Å². The Morgan fingerprint density at radius 1 is 0.828 bits per heavy atom. The average molecular weight is 407 g/mol. The maximum Gasteiger partial charge on any atom is 0.416 e. The maximum atomic E-state index is 12.7. The topological polar surface area (TPSA) is 0 Å². The molecule has 0 atom stereocenters. The molecule has 3 heteroatoms. The van der Waals surface area contributed by atoms with Crippen LogP contribution in [0.15, 0.2) is 36.4 Å². The first-order valence-corrected chi connectivity index (χ1v) is 11.8. The van der Waals surface area contributed by atoms with E-state index in [9.17, 15) is 13.2 Å². The molecular formula is C26H37F3. The van der Waals surface area contributed by atoms with Crippen molar-refractivity contribution >= 4 is 0 Å². The van der Waals surface area contributed by atoms with Gasteiger partial charge >= 0.3 is 6.18 Å². The van der Waals surface area contributed by atoms with E-state index in [1.165, 1.54) is 63.5 Å². The summed E-state index contributed by atoms with van der Waals surface area (Å²) in [5.41, 5.74) is 0.524. The van der Waals surface area contributed by atoms with Crippen LogP contribution in [-0.4, -0.2) is 0 Å². The zero-order valence-electron chi connectivity index (χ0n) is 17.9. The molecule has 0 saturated heterocycles. The Hall–Kier alpha value is -1.25. The highest BCUT2D eigenvalue weighted by molar-refractivity contribution is 5.27. The van der Waals surface area contributed by atoms with Gasteiger partial charge in [0.05, 0.1) is 5.56 Å². The smallest absolute Gasteiger partial charge is 0.166 e. The van der Waals surface area contributed by atoms with Crippen LogP contribution >= 0.6 is 0 Å². The van der Waals surface area contributed by atoms with Gasteiger partial charge < -0.3 is 0 Å². The van der Waals surface area contributed by atoms with Crippen molar-refractivity contribution in [3.05, 3.63) is 47.5 Å². The van der Waals surface area contributed by atoms with Gasteiger partial charge in [0.15, 0.2) is 0 Å². The SMILES string of the molecule is CCCC1CCC(CC/C=C/C2CCC(c3ccc(C(F)(F)F)cc3)CC2)CC1. The van der Waals surface area contributed by atoms with Crippen LogP contribution in [0, 0.1) is 17.8 Å². The first kappa shape index (κ1) is 22.4. The van der Waals surface area contributed by atoms with Crippen molar-refractivity contribution in [3.63, 3.8) is 0 Å². The van der Waals surface area contributed by atoms with Crippen LogP contribution in [0.2, 0.25) is 0 Å². The number of rotatable bonds is 7. The molecule has 0 amide bonds. The van der Waals surface area contributed by atoms with E-state index < -0.39 is 11.7 Å². The summed E-state index contributed by atoms with van der Waals surface area (Å²) < 4.78 is 38.2. The fourth-order valence-electron chi connectivity index (χ4n) is 5.43. The highest BCUT2D eigenvalue weighted by atomic mass is 19.4. The number of hydrogen-bond acceptors (Lipinski definition) is 0. The lowest BCUT2D eigenvalue weighted by molar-refractivity contribution is -0.137. The Balaban J connectivity index is 1.34. The number of allylic oxidation sites excluding steroid dienone is 2. The molecular weight excluding hydrogens is 369 g/mol. The molecule has 2 aliphatic carbocycles. The first-order chi connectivity index (χ1) is 14.0. The summed E-state index contributed by atoms with van der Waals surface area (Å²) in [6, 6.07) is 5.83. The van der Waals surface area contributed by atoms with Crippen LogP contribution in [0.1, 0.15) is 101 Å². The van der Waals surface area contributed by atoms with Crippen LogP contribution in [0.4, 0.5) is 13.2 Å². The molecule has 3 rings (SSSR count). The van der Waals surface area contributed by atoms with E-state index in [-0.39, 0.29) is 0 Å². The van der Waals surface area contributed by atoms with Crippen LogP contribution in [0.5, 0.6) is 0 Å². The van der Waals surface area contributed by atoms with E-state index in [2.05, 4.69) is 19.1 Å². The molecule has 2 saturated carbocycles. The maximum absolute atomic E-state index is 12.7. The molecule has 2 fully saturated rings. The van der Waals surface area contributed by atoms with Crippen molar-refractivity contribution in [1.82, 2.24) is 0 Å². The van der Waals surface area contributed by atoms with Crippen LogP contribution in [0.25, 0.3) is 0 Å². The molecule has 162 valence electrons. The average Bonchev–Trinajstić information content (AvgIpc) is 2.72. The molecule has 0 spiro atoms. The van der Waals surface area contributed by atoms with Crippen LogP contribution < -0.4 is 0 Å². The summed E-state index contributed by atoms with van der Waals surface area (Å²) in [6.07, 6.45) is 16.1. The van der Waals surface area contributed by atoms with Gasteiger partial charge in [-0.1, -0.05) is 69.7 Å². The fraction of sp³-hybridized carbons (Fsp3) is 0.692. The van der Waals surface area contributed by atoms with Gasteiger partial charge in [-0.2, -0.15) is 13.2 Å². The van der Waals surface area contributed by atoms with Crippen molar-refractivity contribution < 1.29 is 13.2 Å². The van der Waals surface area contributed by atoms with Crippen LogP contribution in [-0.2, 0) is 6.18 Å². The quantitative estimate of drug-likeness (QED) is 0.396. The van der Waals surface area contributed by atoms with Gasteiger partial charge in [0.2, 0.25) is 0 Å². The summed E-state index contributed by atoms with van der Waals surface area (Å²) in [6.45, 7) is 2.30. The van der Waals surface area contributed by atoms with E-state index in [1.54, 1.807) is 12.1 Å². The summed E-state index contributed by atoms with van der Waals surface area (Å²) in [4.78, 5) is 0. The first-order valence-electron chi connectivity index (χ1n) is 11.8. The Morgan fingerprint density at radius 3 is 1.97 bits per heavy atom. The molecule has 0 aromatic heterocycles. The van der Waals surface area contributed by atoms with Crippen molar-refractivity contribution in [2.45, 2.75) is 96.1 Å². The third-order valence-electron chi connectivity index (χ3n) is 7.29. The van der Waals surface area contributed by atoms with Gasteiger partial charge in [-0.25, -0.2) is 0 Å². The van der Waals surface area contributed by atoms with E-state index in [0.29, 0.717) is 11.8 Å². The second kappa shape index (κ2) is 10.7. The van der Waals surface area contributed by atoms with Gasteiger partial charge in [0, 0.05) is 0 Å². The second-order valence-electron chi connectivity index (χ2n) is 9.41. The number of benzene rings is 1. The Bertz CT molecular complexity index is 612. The Kier molecular flexibility index (Phi) is 8.26. The van der Waals surface area contributed by atoms with E-state index >= 15 is 0 Å². The minimum Gasteiger partial charge on any atom is -0.166 e. The molecule has 0 bridgehead atoms. The highest BCUT2D eigenvalue weighted by Crippen LogP contribution is 2.38. The zero-order valence-corrected chi connectivity index (χ0v) is 17.9. The van der Waals surface area contributed by atoms with Gasteiger partial charge in [0.25, 0.3) is 0 Å². The molecule has 0 N–H and O–H groups in total. The molecule has 0 aliphatic heterocycles. The summed E-state index contributed by atoms with van der Waals surface area (Å²) in [5.74, 6) is 3.00. The van der Waals surface area contributed by atoms with Gasteiger partial charge in [-0.3, -0.25) is 0 Å². The molecule has 0 radical (unpaired) electrons. The monoisotopic (exact) mass is 406 g/mol. The minimum atomic E-state index is -4.24. The number of hydrogen-bond donors (Lipinski definition) is 0. The molecule has 1 aromatic carbocycles. The largest absolute Gasteiger partial charge is 0.416 e. The summed E-state index contributed by atoms with van der Waals surface area (Å²) >= 11 is 0. The Morgan fingerprint density at radius 2 is 1.41 bits per heavy atom. The summed E-state index contributed by atoms with van der Waals surface area (Å²) in [5, 5.41) is 0. The lowest BCUT2D eigenvalue weighted by Gasteiger charge is -2.28. The standard InChI is InChI=1S/C26H37F3/c1-2-5-20-8-10-21(11-9-20)6-3-4-7-22-12-14-23(15-13-22)24-16-18-25(19-17-24)26(27,28)29/h4,7,16-23H,2-3,5-6,8-15H2,1H3/b7-4+. The van der Waals surface area contributed by atoms with Crippen LogP contribution in [0.3, 0.4) is 0 Å². The third kappa shape index (κ3) is 6.89. The summed E-state index contributed by atoms with van der Waals surface area (Å²) in [7, 11) is 0. The lowest BCUT2D eigenvalue weighted by Crippen LogP contribution is -2.14.